The van der Waals surface area contributed by atoms with Gasteiger partial charge in [-0.25, -0.2) is 9.78 Å². The van der Waals surface area contributed by atoms with Gasteiger partial charge in [-0.2, -0.15) is 0 Å². The number of aliphatic carboxylic acids is 1. The number of amides is 3. The first-order valence-corrected chi connectivity index (χ1v) is 12.2. The zero-order valence-electron chi connectivity index (χ0n) is 21.9. The predicted molar refractivity (Wildman–Crippen MR) is 138 cm³/mol. The molecule has 0 aliphatic rings. The Bertz CT molecular complexity index is 914. The molecule has 0 bridgehead atoms. The second kappa shape index (κ2) is 15.4. The molecule has 4 atom stereocenters. The lowest BCUT2D eigenvalue weighted by atomic mass is 10.0. The molecule has 11 N–H and O–H groups in total. The number of carboxylic acids is 1. The SMILES string of the molecule is CC(C)CC(NC(=O)C(Cc1cnc[nH]1)NC(=O)C(NC(=O)C(N)CCCN=C(N)N)C(C)C)C(=O)O. The molecule has 1 heterocycles. The lowest BCUT2D eigenvalue weighted by Gasteiger charge is -2.27. The zero-order chi connectivity index (χ0) is 28.1. The van der Waals surface area contributed by atoms with Gasteiger partial charge in [0, 0.05) is 24.9 Å². The summed E-state index contributed by atoms with van der Waals surface area (Å²) in [5.74, 6) is -3.34. The van der Waals surface area contributed by atoms with E-state index in [4.69, 9.17) is 17.2 Å². The lowest BCUT2D eigenvalue weighted by Crippen LogP contribution is -2.59. The van der Waals surface area contributed by atoms with Gasteiger partial charge in [0.05, 0.1) is 12.4 Å². The second-order valence-corrected chi connectivity index (χ2v) is 9.66. The number of nitrogens with zero attached hydrogens (tertiary/aromatic N) is 2. The minimum absolute atomic E-state index is 0.0197. The molecule has 0 aromatic carbocycles. The van der Waals surface area contributed by atoms with Gasteiger partial charge in [0.25, 0.3) is 0 Å². The van der Waals surface area contributed by atoms with Crippen LogP contribution in [0.4, 0.5) is 0 Å². The summed E-state index contributed by atoms with van der Waals surface area (Å²) >= 11 is 0. The quantitative estimate of drug-likeness (QED) is 0.0718. The fourth-order valence-electron chi connectivity index (χ4n) is 3.50. The molecule has 0 radical (unpaired) electrons. The van der Waals surface area contributed by atoms with Gasteiger partial charge in [0.1, 0.15) is 18.1 Å². The maximum atomic E-state index is 13.2. The number of imidazole rings is 1. The third-order valence-corrected chi connectivity index (χ3v) is 5.48. The van der Waals surface area contributed by atoms with E-state index in [0.717, 1.165) is 0 Å². The summed E-state index contributed by atoms with van der Waals surface area (Å²) in [6, 6.07) is -4.11. The van der Waals surface area contributed by atoms with Crippen LogP contribution in [0.2, 0.25) is 0 Å². The van der Waals surface area contributed by atoms with Gasteiger partial charge in [-0.3, -0.25) is 19.4 Å². The Balaban J connectivity index is 2.95. The molecule has 14 nitrogen and oxygen atoms in total. The number of carbonyl (C=O) groups excluding carboxylic acids is 3. The Morgan fingerprint density at radius 1 is 1.03 bits per heavy atom. The number of carbonyl (C=O) groups is 4. The van der Waals surface area contributed by atoms with Crippen LogP contribution in [-0.2, 0) is 25.6 Å². The van der Waals surface area contributed by atoms with E-state index in [0.29, 0.717) is 25.1 Å². The third-order valence-electron chi connectivity index (χ3n) is 5.48. The van der Waals surface area contributed by atoms with Crippen molar-refractivity contribution in [2.45, 2.75) is 77.5 Å². The van der Waals surface area contributed by atoms with E-state index in [1.807, 2.05) is 13.8 Å². The Kier molecular flexibility index (Phi) is 13.1. The first-order chi connectivity index (χ1) is 17.3. The highest BCUT2D eigenvalue weighted by molar-refractivity contribution is 5.94. The van der Waals surface area contributed by atoms with Crippen LogP contribution in [0.5, 0.6) is 0 Å². The summed E-state index contributed by atoms with van der Waals surface area (Å²) in [5.41, 5.74) is 17.1. The molecule has 0 aliphatic heterocycles. The monoisotopic (exact) mass is 523 g/mol. The molecular weight excluding hydrogens is 482 g/mol. The smallest absolute Gasteiger partial charge is 0.326 e. The number of nitrogens with two attached hydrogens (primary N) is 3. The molecule has 208 valence electrons. The molecule has 0 aliphatic carbocycles. The maximum absolute atomic E-state index is 13.2. The summed E-state index contributed by atoms with van der Waals surface area (Å²) < 4.78 is 0. The van der Waals surface area contributed by atoms with E-state index in [1.165, 1.54) is 12.5 Å². The average Bonchev–Trinajstić information content (AvgIpc) is 3.31. The minimum Gasteiger partial charge on any atom is -0.480 e. The summed E-state index contributed by atoms with van der Waals surface area (Å²) in [6.45, 7) is 7.47. The van der Waals surface area contributed by atoms with Gasteiger partial charge in [-0.05, 0) is 31.1 Å². The predicted octanol–water partition coefficient (Wildman–Crippen LogP) is -1.43. The Hall–Kier alpha value is -3.68. The summed E-state index contributed by atoms with van der Waals surface area (Å²) in [6.07, 6.45) is 3.95. The van der Waals surface area contributed by atoms with Crippen molar-refractivity contribution < 1.29 is 24.3 Å². The number of carboxylic acid groups (broad SMARTS) is 1. The highest BCUT2D eigenvalue weighted by Crippen LogP contribution is 2.09. The average molecular weight is 524 g/mol. The molecule has 4 unspecified atom stereocenters. The maximum Gasteiger partial charge on any atom is 0.326 e. The van der Waals surface area contributed by atoms with Crippen LogP contribution >= 0.6 is 0 Å². The van der Waals surface area contributed by atoms with Gasteiger partial charge in [0.15, 0.2) is 5.96 Å². The van der Waals surface area contributed by atoms with Crippen molar-refractivity contribution in [3.63, 3.8) is 0 Å². The number of hydrogen-bond donors (Lipinski definition) is 8. The highest BCUT2D eigenvalue weighted by atomic mass is 16.4. The Labute approximate surface area is 216 Å². The van der Waals surface area contributed by atoms with E-state index >= 15 is 0 Å². The Morgan fingerprint density at radius 3 is 2.19 bits per heavy atom. The van der Waals surface area contributed by atoms with Gasteiger partial charge in [0.2, 0.25) is 17.7 Å². The van der Waals surface area contributed by atoms with Crippen LogP contribution in [0.15, 0.2) is 17.5 Å². The highest BCUT2D eigenvalue weighted by Gasteiger charge is 2.32. The normalized spacial score (nSPS) is 14.4. The number of rotatable bonds is 16. The van der Waals surface area contributed by atoms with Crippen molar-refractivity contribution in [2.24, 2.45) is 34.0 Å². The first-order valence-electron chi connectivity index (χ1n) is 12.2. The molecule has 0 spiro atoms. The number of nitrogens with one attached hydrogen (secondary N) is 4. The van der Waals surface area contributed by atoms with Crippen LogP contribution in [0.1, 0.15) is 52.7 Å². The van der Waals surface area contributed by atoms with Crippen molar-refractivity contribution in [1.29, 1.82) is 0 Å². The van der Waals surface area contributed by atoms with Crippen molar-refractivity contribution in [1.82, 2.24) is 25.9 Å². The van der Waals surface area contributed by atoms with Crippen LogP contribution in [0, 0.1) is 11.8 Å². The van der Waals surface area contributed by atoms with Crippen LogP contribution < -0.4 is 33.2 Å². The van der Waals surface area contributed by atoms with Crippen molar-refractivity contribution in [3.05, 3.63) is 18.2 Å². The molecule has 0 saturated carbocycles. The largest absolute Gasteiger partial charge is 0.480 e. The fourth-order valence-corrected chi connectivity index (χ4v) is 3.50. The molecule has 0 fully saturated rings. The van der Waals surface area contributed by atoms with E-state index in [-0.39, 0.29) is 30.6 Å². The number of aromatic nitrogens is 2. The van der Waals surface area contributed by atoms with E-state index in [2.05, 4.69) is 30.9 Å². The molecule has 1 rings (SSSR count). The van der Waals surface area contributed by atoms with E-state index in [9.17, 15) is 24.3 Å². The molecule has 3 amide bonds. The number of aromatic amines is 1. The second-order valence-electron chi connectivity index (χ2n) is 9.66. The lowest BCUT2D eigenvalue weighted by molar-refractivity contribution is -0.142. The standard InChI is InChI=1S/C23H41N9O5/c1-12(2)8-17(22(36)37)31-20(34)16(9-14-10-27-11-29-14)30-21(35)18(13(3)4)32-19(33)15(24)6-5-7-28-23(25)26/h10-13,15-18H,5-9,24H2,1-4H3,(H,27,29)(H,30,35)(H,31,34)(H,32,33)(H,36,37)(H4,25,26,28). The van der Waals surface area contributed by atoms with Gasteiger partial charge >= 0.3 is 5.97 Å². The molecule has 37 heavy (non-hydrogen) atoms. The van der Waals surface area contributed by atoms with Crippen molar-refractivity contribution >= 4 is 29.7 Å². The topological polar surface area (TPSA) is 244 Å². The molecule has 1 aromatic heterocycles. The molecule has 14 heteroatoms. The van der Waals surface area contributed by atoms with Crippen LogP contribution in [0.25, 0.3) is 0 Å². The van der Waals surface area contributed by atoms with Crippen molar-refractivity contribution in [3.8, 4) is 0 Å². The first kappa shape index (κ1) is 31.4. The summed E-state index contributed by atoms with van der Waals surface area (Å²) in [5, 5.41) is 17.3. The summed E-state index contributed by atoms with van der Waals surface area (Å²) in [7, 11) is 0. The molecular formula is C23H41N9O5. The number of aliphatic imine (C=N–C) groups is 1. The number of hydrogen-bond acceptors (Lipinski definition) is 7. The number of guanidine groups is 1. The third kappa shape index (κ3) is 11.7. The van der Waals surface area contributed by atoms with E-state index in [1.54, 1.807) is 13.8 Å². The zero-order valence-corrected chi connectivity index (χ0v) is 21.9. The van der Waals surface area contributed by atoms with Crippen LogP contribution in [-0.4, -0.2) is 75.4 Å². The number of H-pyrrole nitrogens is 1. The summed E-state index contributed by atoms with van der Waals surface area (Å²) in [4.78, 5) is 61.1. The molecule has 1 aromatic rings. The van der Waals surface area contributed by atoms with Crippen LogP contribution in [0.3, 0.4) is 0 Å². The molecule has 0 saturated heterocycles. The van der Waals surface area contributed by atoms with Crippen molar-refractivity contribution in [2.75, 3.05) is 6.54 Å². The van der Waals surface area contributed by atoms with Gasteiger partial charge < -0.3 is 43.2 Å². The minimum atomic E-state index is -1.17. The fraction of sp³-hybridized carbons (Fsp3) is 0.652. The van der Waals surface area contributed by atoms with Gasteiger partial charge in [-0.15, -0.1) is 0 Å². The Morgan fingerprint density at radius 2 is 1.68 bits per heavy atom. The van der Waals surface area contributed by atoms with E-state index < -0.39 is 47.9 Å². The van der Waals surface area contributed by atoms with Gasteiger partial charge in [-0.1, -0.05) is 27.7 Å².